The zero-order chi connectivity index (χ0) is 20.7. The Balaban J connectivity index is 1.54. The minimum atomic E-state index is -0.509. The van der Waals surface area contributed by atoms with Gasteiger partial charge < -0.3 is 4.42 Å². The zero-order valence-electron chi connectivity index (χ0n) is 16.4. The Hall–Kier alpha value is -3.12. The number of nitrogens with zero attached hydrogens (tertiary/aromatic N) is 2. The van der Waals surface area contributed by atoms with Gasteiger partial charge in [-0.05, 0) is 43.3 Å². The minimum absolute atomic E-state index is 0.167. The van der Waals surface area contributed by atoms with E-state index >= 15 is 0 Å². The van der Waals surface area contributed by atoms with Crippen molar-refractivity contribution in [3.63, 3.8) is 0 Å². The number of fused-ring (bicyclic) bond motifs is 1. The molecule has 2 aromatic carbocycles. The van der Waals surface area contributed by atoms with Crippen molar-refractivity contribution >= 4 is 40.0 Å². The third-order valence-electron chi connectivity index (χ3n) is 5.60. The summed E-state index contributed by atoms with van der Waals surface area (Å²) >= 11 is 1.41. The van der Waals surface area contributed by atoms with E-state index in [1.54, 1.807) is 18.4 Å². The molecule has 0 radical (unpaired) electrons. The van der Waals surface area contributed by atoms with E-state index in [2.05, 4.69) is 0 Å². The van der Waals surface area contributed by atoms with E-state index in [1.807, 2.05) is 61.5 Å². The number of amides is 2. The van der Waals surface area contributed by atoms with Crippen LogP contribution in [0.3, 0.4) is 0 Å². The van der Waals surface area contributed by atoms with Gasteiger partial charge in [0.05, 0.1) is 28.6 Å². The third kappa shape index (κ3) is 3.27. The molecule has 3 heterocycles. The molecule has 5 rings (SSSR count). The topological polar surface area (TPSA) is 62.9 Å². The van der Waals surface area contributed by atoms with Gasteiger partial charge in [0.25, 0.3) is 0 Å². The van der Waals surface area contributed by atoms with E-state index < -0.39 is 11.2 Å². The van der Waals surface area contributed by atoms with Crippen molar-refractivity contribution in [2.45, 2.75) is 24.5 Å². The summed E-state index contributed by atoms with van der Waals surface area (Å²) in [6.07, 6.45) is 2.17. The Bertz CT molecular complexity index is 1110. The van der Waals surface area contributed by atoms with Gasteiger partial charge in [0, 0.05) is 12.3 Å². The number of furan rings is 1. The van der Waals surface area contributed by atoms with Crippen LogP contribution in [0.2, 0.25) is 0 Å². The fourth-order valence-electron chi connectivity index (χ4n) is 4.13. The van der Waals surface area contributed by atoms with E-state index in [4.69, 9.17) is 9.41 Å². The Morgan fingerprint density at radius 1 is 0.967 bits per heavy atom. The molecule has 0 saturated carbocycles. The second-order valence-corrected chi connectivity index (χ2v) is 8.79. The average molecular weight is 417 g/mol. The third-order valence-corrected chi connectivity index (χ3v) is 6.88. The SMILES string of the molecule is Cc1ccc(N=C2CC(c3ccco3)C3C(=O)N(c4ccccc4)C(=O)C3S2)cc1. The Morgan fingerprint density at radius 2 is 1.73 bits per heavy atom. The molecule has 2 fully saturated rings. The number of hydrogen-bond acceptors (Lipinski definition) is 5. The number of imide groups is 1. The predicted molar refractivity (Wildman–Crippen MR) is 118 cm³/mol. The van der Waals surface area contributed by atoms with E-state index in [-0.39, 0.29) is 17.7 Å². The number of hydrogen-bond donors (Lipinski definition) is 0. The second-order valence-electron chi connectivity index (χ2n) is 7.58. The number of thioether (sulfide) groups is 1. The number of aliphatic imine (C=N–C) groups is 1. The van der Waals surface area contributed by atoms with Crippen LogP contribution in [-0.2, 0) is 9.59 Å². The summed E-state index contributed by atoms with van der Waals surface area (Å²) < 4.78 is 5.67. The molecular formula is C24H20N2O3S. The molecule has 3 aromatic rings. The first-order valence-corrected chi connectivity index (χ1v) is 10.8. The molecule has 2 aliphatic heterocycles. The van der Waals surface area contributed by atoms with Crippen molar-refractivity contribution in [2.75, 3.05) is 4.90 Å². The molecular weight excluding hydrogens is 396 g/mol. The number of carbonyl (C=O) groups excluding carboxylic acids is 2. The van der Waals surface area contributed by atoms with Crippen molar-refractivity contribution in [1.29, 1.82) is 0 Å². The van der Waals surface area contributed by atoms with E-state index in [0.29, 0.717) is 12.1 Å². The molecule has 2 amide bonds. The minimum Gasteiger partial charge on any atom is -0.469 e. The lowest BCUT2D eigenvalue weighted by atomic mass is 9.85. The lowest BCUT2D eigenvalue weighted by Gasteiger charge is -2.29. The van der Waals surface area contributed by atoms with Crippen LogP contribution in [0.5, 0.6) is 0 Å². The first kappa shape index (κ1) is 18.9. The van der Waals surface area contributed by atoms with Crippen LogP contribution in [0.4, 0.5) is 11.4 Å². The van der Waals surface area contributed by atoms with Crippen LogP contribution in [0.1, 0.15) is 23.7 Å². The number of rotatable bonds is 3. The summed E-state index contributed by atoms with van der Waals surface area (Å²) in [6.45, 7) is 2.03. The van der Waals surface area contributed by atoms with Crippen LogP contribution >= 0.6 is 11.8 Å². The van der Waals surface area contributed by atoms with Crippen LogP contribution < -0.4 is 4.90 Å². The van der Waals surface area contributed by atoms with Crippen molar-refractivity contribution in [2.24, 2.45) is 10.9 Å². The monoisotopic (exact) mass is 416 g/mol. The lowest BCUT2D eigenvalue weighted by Crippen LogP contribution is -2.33. The molecule has 2 saturated heterocycles. The van der Waals surface area contributed by atoms with Crippen LogP contribution in [0.25, 0.3) is 0 Å². The fraction of sp³-hybridized carbons (Fsp3) is 0.208. The zero-order valence-corrected chi connectivity index (χ0v) is 17.2. The van der Waals surface area contributed by atoms with Gasteiger partial charge in [-0.2, -0.15) is 0 Å². The number of para-hydroxylation sites is 1. The molecule has 3 unspecified atom stereocenters. The number of carbonyl (C=O) groups is 2. The highest BCUT2D eigenvalue weighted by Crippen LogP contribution is 2.48. The van der Waals surface area contributed by atoms with Crippen LogP contribution in [-0.4, -0.2) is 22.1 Å². The van der Waals surface area contributed by atoms with E-state index in [1.165, 1.54) is 22.2 Å². The van der Waals surface area contributed by atoms with Crippen LogP contribution in [0, 0.1) is 12.8 Å². The van der Waals surface area contributed by atoms with Gasteiger partial charge in [0.2, 0.25) is 11.8 Å². The van der Waals surface area contributed by atoms with E-state index in [9.17, 15) is 9.59 Å². The first-order valence-electron chi connectivity index (χ1n) is 9.89. The van der Waals surface area contributed by atoms with Crippen molar-refractivity contribution in [1.82, 2.24) is 0 Å². The molecule has 1 aromatic heterocycles. The molecule has 0 spiro atoms. The average Bonchev–Trinajstić information content (AvgIpc) is 3.38. The van der Waals surface area contributed by atoms with Gasteiger partial charge in [-0.1, -0.05) is 47.7 Å². The second kappa shape index (κ2) is 7.61. The number of aryl methyl sites for hydroxylation is 1. The highest BCUT2D eigenvalue weighted by Gasteiger charge is 2.55. The van der Waals surface area contributed by atoms with Gasteiger partial charge in [-0.15, -0.1) is 0 Å². The van der Waals surface area contributed by atoms with Crippen molar-refractivity contribution in [3.05, 3.63) is 84.3 Å². The largest absolute Gasteiger partial charge is 0.469 e. The molecule has 0 bridgehead atoms. The lowest BCUT2D eigenvalue weighted by molar-refractivity contribution is -0.122. The Kier molecular flexibility index (Phi) is 4.79. The van der Waals surface area contributed by atoms with Gasteiger partial charge in [0.1, 0.15) is 11.0 Å². The normalized spacial score (nSPS) is 25.0. The quantitative estimate of drug-likeness (QED) is 0.558. The summed E-state index contributed by atoms with van der Waals surface area (Å²) in [4.78, 5) is 32.8. The maximum absolute atomic E-state index is 13.4. The summed E-state index contributed by atoms with van der Waals surface area (Å²) in [5.74, 6) is -0.321. The fourth-order valence-corrected chi connectivity index (χ4v) is 5.52. The number of anilines is 1. The summed E-state index contributed by atoms with van der Waals surface area (Å²) in [6, 6.07) is 20.8. The van der Waals surface area contributed by atoms with Gasteiger partial charge in [0.15, 0.2) is 0 Å². The maximum Gasteiger partial charge on any atom is 0.248 e. The van der Waals surface area contributed by atoms with E-state index in [0.717, 1.165) is 16.5 Å². The smallest absolute Gasteiger partial charge is 0.248 e. The molecule has 0 N–H and O–H groups in total. The molecule has 150 valence electrons. The summed E-state index contributed by atoms with van der Waals surface area (Å²) in [5.41, 5.74) is 2.62. The van der Waals surface area contributed by atoms with Gasteiger partial charge in [-0.25, -0.2) is 9.89 Å². The van der Waals surface area contributed by atoms with Gasteiger partial charge in [-0.3, -0.25) is 9.59 Å². The Morgan fingerprint density at radius 3 is 2.43 bits per heavy atom. The van der Waals surface area contributed by atoms with Crippen molar-refractivity contribution in [3.8, 4) is 0 Å². The number of benzene rings is 2. The standard InChI is InChI=1S/C24H20N2O3S/c1-15-9-11-16(12-10-15)25-20-14-18(19-8-5-13-29-19)21-22(30-20)24(28)26(23(21)27)17-6-3-2-4-7-17/h2-13,18,21-22H,14H2,1H3. The molecule has 3 atom stereocenters. The van der Waals surface area contributed by atoms with Crippen molar-refractivity contribution < 1.29 is 14.0 Å². The molecule has 5 nitrogen and oxygen atoms in total. The van der Waals surface area contributed by atoms with Gasteiger partial charge >= 0.3 is 0 Å². The first-order chi connectivity index (χ1) is 14.6. The van der Waals surface area contributed by atoms with Crippen LogP contribution in [0.15, 0.2) is 82.4 Å². The molecule has 30 heavy (non-hydrogen) atoms. The molecule has 6 heteroatoms. The summed E-state index contributed by atoms with van der Waals surface area (Å²) in [7, 11) is 0. The molecule has 0 aliphatic carbocycles. The predicted octanol–water partition coefficient (Wildman–Crippen LogP) is 5.10. The summed E-state index contributed by atoms with van der Waals surface area (Å²) in [5, 5.41) is 0.336. The molecule has 2 aliphatic rings. The highest BCUT2D eigenvalue weighted by molar-refractivity contribution is 8.15. The Labute approximate surface area is 178 Å². The maximum atomic E-state index is 13.4. The highest BCUT2D eigenvalue weighted by atomic mass is 32.2.